The fourth-order valence-corrected chi connectivity index (χ4v) is 1.71. The summed E-state index contributed by atoms with van der Waals surface area (Å²) in [5.74, 6) is 1.00. The van der Waals surface area contributed by atoms with Gasteiger partial charge in [-0.05, 0) is 0 Å². The van der Waals surface area contributed by atoms with E-state index in [-0.39, 0.29) is 0 Å². The molecule has 0 heterocycles. The van der Waals surface area contributed by atoms with E-state index in [1.165, 1.54) is 30.4 Å². The third kappa shape index (κ3) is 5.17. The van der Waals surface area contributed by atoms with Crippen LogP contribution in [0.2, 0.25) is 4.73 Å². The van der Waals surface area contributed by atoms with Crippen molar-refractivity contribution in [2.75, 3.05) is 0 Å². The van der Waals surface area contributed by atoms with Crippen LogP contribution in [0.3, 0.4) is 0 Å². The normalized spacial score (nSPS) is 13.4. The maximum absolute atomic E-state index is 2.30. The molecule has 0 aromatic heterocycles. The molecule has 0 aliphatic heterocycles. The minimum atomic E-state index is 1.00. The molecule has 0 aliphatic carbocycles. The van der Waals surface area contributed by atoms with Crippen LogP contribution in [0.25, 0.3) is 0 Å². The van der Waals surface area contributed by atoms with E-state index in [4.69, 9.17) is 0 Å². The van der Waals surface area contributed by atoms with Crippen LogP contribution in [0.4, 0.5) is 0 Å². The van der Waals surface area contributed by atoms with Crippen molar-refractivity contribution in [3.05, 3.63) is 0 Å². The molecule has 0 saturated carbocycles. The average Bonchev–Trinajstić information content (AvgIpc) is 1.91. The zero-order valence-electron chi connectivity index (χ0n) is 6.61. The van der Waals surface area contributed by atoms with Crippen LogP contribution in [-0.4, -0.2) is 0 Å². The topological polar surface area (TPSA) is 0 Å². The van der Waals surface area contributed by atoms with Crippen LogP contribution in [0.15, 0.2) is 0 Å². The molecule has 0 radical (unpaired) electrons. The molecule has 0 aromatic carbocycles. The summed E-state index contributed by atoms with van der Waals surface area (Å²) in [5, 5.41) is 0. The van der Waals surface area contributed by atoms with Crippen molar-refractivity contribution in [2.24, 2.45) is 5.92 Å². The summed E-state index contributed by atoms with van der Waals surface area (Å²) in [6.45, 7) is 4.56. The van der Waals surface area contributed by atoms with E-state index in [0.717, 1.165) is 5.92 Å². The molecule has 1 atom stereocenters. The Bertz CT molecular complexity index is 48.5. The second-order valence-corrected chi connectivity index (χ2v) is 3.26. The predicted molar refractivity (Wildman–Crippen MR) is 38.1 cm³/mol. The van der Waals surface area contributed by atoms with Gasteiger partial charge in [-0.3, -0.25) is 0 Å². The van der Waals surface area contributed by atoms with Gasteiger partial charge >= 0.3 is 70.6 Å². The van der Waals surface area contributed by atoms with Crippen molar-refractivity contribution in [3.8, 4) is 0 Å². The molecule has 0 nitrogen and oxygen atoms in total. The summed E-state index contributed by atoms with van der Waals surface area (Å²) < 4.78 is 1.37. The minimum absolute atomic E-state index is 1.00. The van der Waals surface area contributed by atoms with Crippen LogP contribution < -0.4 is 0 Å². The third-order valence-electron chi connectivity index (χ3n) is 1.83. The molecular formula is C8H17Ti. The Balaban J connectivity index is 3.09. The molecule has 1 unspecified atom stereocenters. The molecule has 0 aliphatic rings. The number of hydrogen-bond acceptors (Lipinski definition) is 0. The monoisotopic (exact) mass is 161 g/mol. The van der Waals surface area contributed by atoms with Crippen molar-refractivity contribution in [1.29, 1.82) is 0 Å². The summed E-state index contributed by atoms with van der Waals surface area (Å²) in [4.78, 5) is 0. The molecule has 0 saturated heterocycles. The SMILES string of the molecule is CCCCC(CC)[CH2][Ti]. The zero-order valence-corrected chi connectivity index (χ0v) is 8.17. The summed E-state index contributed by atoms with van der Waals surface area (Å²) in [7, 11) is 0. The number of hydrogen-bond donors (Lipinski definition) is 0. The van der Waals surface area contributed by atoms with Gasteiger partial charge in [0.05, 0.1) is 0 Å². The van der Waals surface area contributed by atoms with Gasteiger partial charge in [-0.15, -0.1) is 0 Å². The van der Waals surface area contributed by atoms with Crippen LogP contribution in [0.5, 0.6) is 0 Å². The van der Waals surface area contributed by atoms with Crippen molar-refractivity contribution >= 4 is 0 Å². The van der Waals surface area contributed by atoms with Crippen molar-refractivity contribution in [2.45, 2.75) is 44.3 Å². The van der Waals surface area contributed by atoms with Crippen LogP contribution in [-0.2, 0) is 20.4 Å². The molecule has 0 bridgehead atoms. The van der Waals surface area contributed by atoms with Crippen LogP contribution >= 0.6 is 0 Å². The Labute approximate surface area is 70.8 Å². The maximum atomic E-state index is 2.30. The van der Waals surface area contributed by atoms with E-state index < -0.39 is 0 Å². The number of unbranched alkanes of at least 4 members (excludes halogenated alkanes) is 1. The third-order valence-corrected chi connectivity index (χ3v) is 2.73. The van der Waals surface area contributed by atoms with Gasteiger partial charge in [-0.2, -0.15) is 0 Å². The standard InChI is InChI=1S/C8H17.Ti/c1-4-6-7-8(3)5-2;/h8H,3-7H2,1-2H3;. The van der Waals surface area contributed by atoms with Crippen LogP contribution in [0, 0.1) is 5.92 Å². The van der Waals surface area contributed by atoms with E-state index in [1.54, 1.807) is 0 Å². The second kappa shape index (κ2) is 6.83. The molecule has 9 heavy (non-hydrogen) atoms. The van der Waals surface area contributed by atoms with E-state index >= 15 is 0 Å². The molecule has 0 rings (SSSR count). The molecule has 0 N–H and O–H groups in total. The summed E-state index contributed by atoms with van der Waals surface area (Å²) in [6.07, 6.45) is 5.60. The van der Waals surface area contributed by atoms with Crippen LogP contribution in [0.1, 0.15) is 39.5 Å². The average molecular weight is 161 g/mol. The Morgan fingerprint density at radius 1 is 1.33 bits per heavy atom. The molecule has 0 aromatic rings. The first-order valence-corrected chi connectivity index (χ1v) is 5.10. The number of rotatable bonds is 5. The molecule has 0 fully saturated rings. The second-order valence-electron chi connectivity index (χ2n) is 2.62. The molecule has 1 heteroatoms. The summed E-state index contributed by atoms with van der Waals surface area (Å²) in [5.41, 5.74) is 0. The molecule has 0 spiro atoms. The van der Waals surface area contributed by atoms with Gasteiger partial charge in [-0.1, -0.05) is 0 Å². The summed E-state index contributed by atoms with van der Waals surface area (Å²) >= 11 is 2.30. The first-order valence-electron chi connectivity index (χ1n) is 3.99. The van der Waals surface area contributed by atoms with Gasteiger partial charge in [0.2, 0.25) is 0 Å². The van der Waals surface area contributed by atoms with Gasteiger partial charge in [0.15, 0.2) is 0 Å². The molecular weight excluding hydrogens is 144 g/mol. The van der Waals surface area contributed by atoms with Crippen molar-refractivity contribution in [3.63, 3.8) is 0 Å². The quantitative estimate of drug-likeness (QED) is 0.543. The fraction of sp³-hybridized carbons (Fsp3) is 1.00. The Morgan fingerprint density at radius 3 is 2.33 bits per heavy atom. The van der Waals surface area contributed by atoms with Gasteiger partial charge in [0.25, 0.3) is 0 Å². The fourth-order valence-electron chi connectivity index (χ4n) is 0.943. The van der Waals surface area contributed by atoms with Gasteiger partial charge < -0.3 is 0 Å². The predicted octanol–water partition coefficient (Wildman–Crippen LogP) is 3.17. The molecule has 0 amide bonds. The van der Waals surface area contributed by atoms with E-state index in [9.17, 15) is 0 Å². The van der Waals surface area contributed by atoms with Gasteiger partial charge in [0.1, 0.15) is 0 Å². The van der Waals surface area contributed by atoms with E-state index in [1.807, 2.05) is 0 Å². The Hall–Kier alpha value is 0.714. The van der Waals surface area contributed by atoms with E-state index in [2.05, 4.69) is 34.3 Å². The first-order chi connectivity index (χ1) is 4.35. The summed E-state index contributed by atoms with van der Waals surface area (Å²) in [6, 6.07) is 0. The van der Waals surface area contributed by atoms with Crippen molar-refractivity contribution < 1.29 is 20.4 Å². The first kappa shape index (κ1) is 9.71. The zero-order chi connectivity index (χ0) is 7.11. The Kier molecular flexibility index (Phi) is 7.37. The Morgan fingerprint density at radius 2 is 2.00 bits per heavy atom. The molecule has 53 valence electrons. The van der Waals surface area contributed by atoms with Gasteiger partial charge in [0, 0.05) is 0 Å². The van der Waals surface area contributed by atoms with E-state index in [0.29, 0.717) is 0 Å². The van der Waals surface area contributed by atoms with Gasteiger partial charge in [-0.25, -0.2) is 0 Å². The van der Waals surface area contributed by atoms with Crippen molar-refractivity contribution in [1.82, 2.24) is 0 Å².